The van der Waals surface area contributed by atoms with Gasteiger partial charge < -0.3 is 9.26 Å². The third kappa shape index (κ3) is 4.32. The predicted molar refractivity (Wildman–Crippen MR) is 102 cm³/mol. The van der Waals surface area contributed by atoms with Crippen molar-refractivity contribution in [2.45, 2.75) is 13.8 Å². The van der Waals surface area contributed by atoms with Crippen molar-refractivity contribution < 1.29 is 18.8 Å². The van der Waals surface area contributed by atoms with E-state index in [1.807, 2.05) is 38.1 Å². The van der Waals surface area contributed by atoms with Gasteiger partial charge >= 0.3 is 5.97 Å². The van der Waals surface area contributed by atoms with Crippen LogP contribution in [0.25, 0.3) is 11.1 Å². The van der Waals surface area contributed by atoms with E-state index in [0.29, 0.717) is 5.17 Å². The van der Waals surface area contributed by atoms with Crippen molar-refractivity contribution in [1.29, 1.82) is 0 Å². The van der Waals surface area contributed by atoms with Gasteiger partial charge in [-0.1, -0.05) is 29.4 Å². The zero-order valence-corrected chi connectivity index (χ0v) is 15.7. The van der Waals surface area contributed by atoms with Crippen LogP contribution in [0.1, 0.15) is 17.0 Å². The maximum atomic E-state index is 11.7. The maximum Gasteiger partial charge on any atom is 0.331 e. The summed E-state index contributed by atoms with van der Waals surface area (Å²) in [6, 6.07) is 7.69. The predicted octanol–water partition coefficient (Wildman–Crippen LogP) is 2.57. The monoisotopic (exact) mass is 384 g/mol. The highest BCUT2D eigenvalue weighted by atomic mass is 32.2. The first kappa shape index (κ1) is 18.6. The molecule has 1 aromatic carbocycles. The second kappa shape index (κ2) is 8.00. The first-order valence-corrected chi connectivity index (χ1v) is 8.72. The molecule has 0 spiro atoms. The fraction of sp³-hybridized carbons (Fsp3) is 0.167. The Morgan fingerprint density at radius 2 is 2.04 bits per heavy atom. The van der Waals surface area contributed by atoms with E-state index in [1.165, 1.54) is 7.11 Å². The van der Waals surface area contributed by atoms with Gasteiger partial charge in [0, 0.05) is 11.6 Å². The Morgan fingerprint density at radius 3 is 2.67 bits per heavy atom. The van der Waals surface area contributed by atoms with Crippen LogP contribution in [0.15, 0.2) is 50.0 Å². The molecule has 0 atom stereocenters. The van der Waals surface area contributed by atoms with Gasteiger partial charge in [-0.05, 0) is 36.7 Å². The van der Waals surface area contributed by atoms with Crippen LogP contribution in [-0.4, -0.2) is 35.5 Å². The maximum absolute atomic E-state index is 11.7. The molecule has 1 aliphatic rings. The summed E-state index contributed by atoms with van der Waals surface area (Å²) in [7, 11) is 1.24. The Morgan fingerprint density at radius 1 is 1.30 bits per heavy atom. The van der Waals surface area contributed by atoms with Gasteiger partial charge in [0.25, 0.3) is 5.91 Å². The van der Waals surface area contributed by atoms with Gasteiger partial charge in [-0.3, -0.25) is 10.1 Å². The normalized spacial score (nSPS) is 17.1. The number of hydrogen-bond donors (Lipinski definition) is 1. The average Bonchev–Trinajstić information content (AvgIpc) is 3.17. The van der Waals surface area contributed by atoms with Crippen molar-refractivity contribution in [3.8, 4) is 11.1 Å². The Kier molecular flexibility index (Phi) is 5.51. The highest BCUT2D eigenvalue weighted by Gasteiger charge is 2.25. The summed E-state index contributed by atoms with van der Waals surface area (Å²) in [5.41, 5.74) is 3.67. The molecule has 0 aliphatic carbocycles. The lowest BCUT2D eigenvalue weighted by molar-refractivity contribution is -0.135. The number of nitrogens with one attached hydrogen (secondary N) is 1. The molecular weight excluding hydrogens is 368 g/mol. The molecule has 138 valence electrons. The Hall–Kier alpha value is -3.20. The van der Waals surface area contributed by atoms with Gasteiger partial charge in [0.15, 0.2) is 5.17 Å². The summed E-state index contributed by atoms with van der Waals surface area (Å²) in [5, 5.41) is 14.7. The standard InChI is InChI=1S/C18H16N4O4S/c1-10-16(11(2)26-22-10)13-6-4-12(5-7-13)9-19-21-18-20-17(24)14(27-18)8-15(23)25-3/h4-9H,1-3H3,(H,20,21,24)/b14-8+,19-9?. The molecule has 1 aromatic heterocycles. The number of ether oxygens (including phenoxy) is 1. The van der Waals surface area contributed by atoms with Crippen LogP contribution >= 0.6 is 11.8 Å². The summed E-state index contributed by atoms with van der Waals surface area (Å²) in [6.07, 6.45) is 2.68. The molecule has 3 rings (SSSR count). The summed E-state index contributed by atoms with van der Waals surface area (Å²) in [6.45, 7) is 3.77. The number of amidine groups is 1. The summed E-state index contributed by atoms with van der Waals surface area (Å²) in [5.74, 6) is -0.246. The van der Waals surface area contributed by atoms with Crippen LogP contribution in [0.4, 0.5) is 0 Å². The largest absolute Gasteiger partial charge is 0.466 e. The molecule has 0 radical (unpaired) electrons. The van der Waals surface area contributed by atoms with E-state index in [-0.39, 0.29) is 4.91 Å². The highest BCUT2D eigenvalue weighted by molar-refractivity contribution is 8.18. The molecule has 8 nitrogen and oxygen atoms in total. The van der Waals surface area contributed by atoms with Crippen molar-refractivity contribution in [3.63, 3.8) is 0 Å². The van der Waals surface area contributed by atoms with Crippen LogP contribution in [-0.2, 0) is 14.3 Å². The number of carbonyl (C=O) groups is 2. The Labute approximate surface area is 159 Å². The van der Waals surface area contributed by atoms with Crippen LogP contribution in [0, 0.1) is 13.8 Å². The summed E-state index contributed by atoms with van der Waals surface area (Å²) >= 11 is 1.02. The number of thioether (sulfide) groups is 1. The van der Waals surface area contributed by atoms with Crippen molar-refractivity contribution in [2.75, 3.05) is 7.11 Å². The molecule has 1 amide bonds. The lowest BCUT2D eigenvalue weighted by Crippen LogP contribution is -2.19. The van der Waals surface area contributed by atoms with Gasteiger partial charge in [-0.2, -0.15) is 5.10 Å². The number of carbonyl (C=O) groups excluding carboxylic acids is 2. The average molecular weight is 384 g/mol. The third-order valence-electron chi connectivity index (χ3n) is 3.69. The number of aromatic nitrogens is 1. The van der Waals surface area contributed by atoms with Crippen molar-refractivity contribution in [2.24, 2.45) is 10.2 Å². The third-order valence-corrected chi connectivity index (χ3v) is 4.59. The minimum absolute atomic E-state index is 0.208. The molecule has 1 saturated heterocycles. The van der Waals surface area contributed by atoms with Gasteiger partial charge in [0.2, 0.25) is 0 Å². The number of amides is 1. The quantitative estimate of drug-likeness (QED) is 0.376. The lowest BCUT2D eigenvalue weighted by Gasteiger charge is -2.00. The smallest absolute Gasteiger partial charge is 0.331 e. The van der Waals surface area contributed by atoms with E-state index >= 15 is 0 Å². The molecule has 1 aliphatic heterocycles. The van der Waals surface area contributed by atoms with Crippen LogP contribution in [0.3, 0.4) is 0 Å². The van der Waals surface area contributed by atoms with Gasteiger partial charge in [0.05, 0.1) is 23.9 Å². The van der Waals surface area contributed by atoms with Crippen molar-refractivity contribution >= 4 is 35.0 Å². The van der Waals surface area contributed by atoms with Crippen molar-refractivity contribution in [1.82, 2.24) is 10.5 Å². The number of methoxy groups -OCH3 is 1. The molecule has 1 fully saturated rings. The molecule has 0 bridgehead atoms. The topological polar surface area (TPSA) is 106 Å². The Balaban J connectivity index is 1.68. The van der Waals surface area contributed by atoms with E-state index in [1.54, 1.807) is 6.21 Å². The number of benzene rings is 1. The molecule has 0 saturated carbocycles. The van der Waals surface area contributed by atoms with E-state index in [4.69, 9.17) is 4.52 Å². The number of aryl methyl sites for hydroxylation is 2. The number of nitrogens with zero attached hydrogens (tertiary/aromatic N) is 3. The van der Waals surface area contributed by atoms with E-state index in [0.717, 1.165) is 46.0 Å². The molecule has 2 aromatic rings. The minimum atomic E-state index is -0.601. The molecule has 9 heteroatoms. The number of esters is 1. The highest BCUT2D eigenvalue weighted by Crippen LogP contribution is 2.27. The molecule has 0 unspecified atom stereocenters. The van der Waals surface area contributed by atoms with Crippen LogP contribution in [0.5, 0.6) is 0 Å². The molecule has 1 N–H and O–H groups in total. The summed E-state index contributed by atoms with van der Waals surface area (Å²) in [4.78, 5) is 23.1. The zero-order valence-electron chi connectivity index (χ0n) is 14.8. The van der Waals surface area contributed by atoms with Crippen LogP contribution < -0.4 is 5.32 Å². The van der Waals surface area contributed by atoms with Crippen molar-refractivity contribution in [3.05, 3.63) is 52.3 Å². The van der Waals surface area contributed by atoms with Crippen LogP contribution in [0.2, 0.25) is 0 Å². The second-order valence-electron chi connectivity index (χ2n) is 5.56. The second-order valence-corrected chi connectivity index (χ2v) is 6.59. The molecule has 27 heavy (non-hydrogen) atoms. The first-order chi connectivity index (χ1) is 13.0. The lowest BCUT2D eigenvalue weighted by atomic mass is 10.0. The number of rotatable bonds is 4. The fourth-order valence-corrected chi connectivity index (χ4v) is 3.16. The minimum Gasteiger partial charge on any atom is -0.466 e. The zero-order chi connectivity index (χ0) is 19.4. The Bertz CT molecular complexity index is 954. The molecule has 2 heterocycles. The molecular formula is C18H16N4O4S. The van der Waals surface area contributed by atoms with Gasteiger partial charge in [-0.25, -0.2) is 4.79 Å². The van der Waals surface area contributed by atoms with E-state index in [2.05, 4.69) is 25.4 Å². The van der Waals surface area contributed by atoms with E-state index < -0.39 is 11.9 Å². The van der Waals surface area contributed by atoms with E-state index in [9.17, 15) is 9.59 Å². The number of hydrogen-bond acceptors (Lipinski definition) is 8. The summed E-state index contributed by atoms with van der Waals surface area (Å²) < 4.78 is 9.68. The first-order valence-electron chi connectivity index (χ1n) is 7.91. The SMILES string of the molecule is COC(=O)/C=C1/S/C(=N\N=Cc2ccc(-c3c(C)noc3C)cc2)NC1=O. The van der Waals surface area contributed by atoms with Gasteiger partial charge in [-0.15, -0.1) is 5.10 Å². The fourth-order valence-electron chi connectivity index (χ4n) is 2.42. The van der Waals surface area contributed by atoms with Gasteiger partial charge in [0.1, 0.15) is 5.76 Å².